The summed E-state index contributed by atoms with van der Waals surface area (Å²) in [6.07, 6.45) is -5.03. The Morgan fingerprint density at radius 2 is 1.63 bits per heavy atom. The minimum absolute atomic E-state index is 0.0422. The lowest BCUT2D eigenvalue weighted by molar-refractivity contribution is -0.286. The molecule has 1 amide bonds. The number of carbonyl (C=O) groups excluding carboxylic acids is 2. The Morgan fingerprint density at radius 1 is 1.03 bits per heavy atom. The molecule has 2 aromatic rings. The van der Waals surface area contributed by atoms with Gasteiger partial charge in [-0.2, -0.15) is 0 Å². The molecule has 0 saturated carbocycles. The van der Waals surface area contributed by atoms with Crippen molar-refractivity contribution in [3.63, 3.8) is 0 Å². The molecule has 1 aliphatic rings. The molecule has 6 atom stereocenters. The highest BCUT2D eigenvalue weighted by atomic mass is 16.7. The topological polar surface area (TPSA) is 113 Å². The summed E-state index contributed by atoms with van der Waals surface area (Å²) in [4.78, 5) is 24.0. The fourth-order valence-electron chi connectivity index (χ4n) is 3.82. The van der Waals surface area contributed by atoms with Crippen LogP contribution in [-0.2, 0) is 46.5 Å². The van der Waals surface area contributed by atoms with Crippen LogP contribution < -0.4 is 5.32 Å². The molecule has 0 spiro atoms. The van der Waals surface area contributed by atoms with Gasteiger partial charge < -0.3 is 34.1 Å². The van der Waals surface area contributed by atoms with Crippen molar-refractivity contribution in [3.8, 4) is 0 Å². The average molecular weight is 488 g/mol. The molecule has 35 heavy (non-hydrogen) atoms. The Hall–Kier alpha value is -2.82. The van der Waals surface area contributed by atoms with Gasteiger partial charge in [-0.05, 0) is 18.1 Å². The van der Waals surface area contributed by atoms with E-state index in [0.717, 1.165) is 11.1 Å². The number of rotatable bonds is 11. The van der Waals surface area contributed by atoms with E-state index in [1.807, 2.05) is 60.7 Å². The molecule has 3 unspecified atom stereocenters. The molecular formula is C26H33NO8. The summed E-state index contributed by atoms with van der Waals surface area (Å²) in [6.45, 7) is 3.42. The van der Waals surface area contributed by atoms with Gasteiger partial charge >= 0.3 is 5.97 Å². The summed E-state index contributed by atoms with van der Waals surface area (Å²) < 4.78 is 28.5. The highest BCUT2D eigenvalue weighted by Crippen LogP contribution is 2.27. The molecule has 0 radical (unpaired) electrons. The molecule has 9 heteroatoms. The summed E-state index contributed by atoms with van der Waals surface area (Å²) in [5, 5.41) is 13.9. The van der Waals surface area contributed by atoms with Crippen LogP contribution in [0, 0.1) is 0 Å². The number of methoxy groups -OCH3 is 1. The molecule has 2 N–H and O–H groups in total. The van der Waals surface area contributed by atoms with Gasteiger partial charge in [-0.3, -0.25) is 4.79 Å². The zero-order valence-electron chi connectivity index (χ0n) is 20.2. The van der Waals surface area contributed by atoms with Crippen LogP contribution in [0.1, 0.15) is 25.0 Å². The summed E-state index contributed by atoms with van der Waals surface area (Å²) in [6, 6.07) is 18.2. The number of ether oxygens (including phenoxy) is 5. The number of nitrogens with one attached hydrogen (secondary N) is 1. The van der Waals surface area contributed by atoms with Crippen LogP contribution in [0.5, 0.6) is 0 Å². The number of aliphatic hydroxyl groups is 1. The number of hydrogen-bond acceptors (Lipinski definition) is 8. The van der Waals surface area contributed by atoms with Crippen molar-refractivity contribution >= 4 is 11.9 Å². The molecule has 1 heterocycles. The number of esters is 1. The standard InChI is InChI=1S/C26H33NO8/c1-17(25(30)31-3)34-24-22(27-18(2)28)26(33-15-20-12-8-5-9-13-20)35-21(23(24)29)16-32-14-19-10-6-4-7-11-19/h4-13,17,21-24,26,29H,14-16H2,1-3H3,(H,27,28)/t17-,21?,22?,23-,24?,26+/m1/s1. The SMILES string of the molecule is COC(=O)[C@@H](C)OC1C(NC(C)=O)[C@@H](OCc2ccccc2)OC(COCc2ccccc2)[C@H]1O. The van der Waals surface area contributed by atoms with E-state index in [4.69, 9.17) is 23.7 Å². The van der Waals surface area contributed by atoms with Crippen molar-refractivity contribution in [2.24, 2.45) is 0 Å². The monoisotopic (exact) mass is 487 g/mol. The van der Waals surface area contributed by atoms with E-state index < -0.39 is 42.7 Å². The maximum Gasteiger partial charge on any atom is 0.334 e. The summed E-state index contributed by atoms with van der Waals surface area (Å²) >= 11 is 0. The molecule has 0 aliphatic carbocycles. The van der Waals surface area contributed by atoms with E-state index in [1.165, 1.54) is 21.0 Å². The maximum atomic E-state index is 12.0. The first-order valence-electron chi connectivity index (χ1n) is 11.5. The highest BCUT2D eigenvalue weighted by molar-refractivity contribution is 5.74. The van der Waals surface area contributed by atoms with Gasteiger partial charge in [0, 0.05) is 6.92 Å². The quantitative estimate of drug-likeness (QED) is 0.463. The van der Waals surface area contributed by atoms with Crippen LogP contribution in [-0.4, -0.2) is 67.4 Å². The Labute approximate surface area is 205 Å². The van der Waals surface area contributed by atoms with E-state index >= 15 is 0 Å². The van der Waals surface area contributed by atoms with Crippen molar-refractivity contribution in [2.45, 2.75) is 63.8 Å². The fourth-order valence-corrected chi connectivity index (χ4v) is 3.82. The first kappa shape index (κ1) is 26.8. The summed E-state index contributed by atoms with van der Waals surface area (Å²) in [5.41, 5.74) is 1.87. The van der Waals surface area contributed by atoms with Crippen molar-refractivity contribution < 1.29 is 38.4 Å². The lowest BCUT2D eigenvalue weighted by Crippen LogP contribution is -2.66. The van der Waals surface area contributed by atoms with Gasteiger partial charge in [0.2, 0.25) is 5.91 Å². The molecule has 1 fully saturated rings. The second kappa shape index (κ2) is 13.3. The fraction of sp³-hybridized carbons (Fsp3) is 0.462. The molecule has 0 aromatic heterocycles. The molecule has 1 saturated heterocycles. The Kier molecular flexibility index (Phi) is 10.2. The number of hydrogen-bond donors (Lipinski definition) is 2. The van der Waals surface area contributed by atoms with Gasteiger partial charge in [0.1, 0.15) is 24.4 Å². The molecule has 190 valence electrons. The lowest BCUT2D eigenvalue weighted by atomic mass is 9.96. The zero-order valence-corrected chi connectivity index (χ0v) is 20.2. The van der Waals surface area contributed by atoms with E-state index in [0.29, 0.717) is 6.61 Å². The number of amides is 1. The van der Waals surface area contributed by atoms with Crippen LogP contribution >= 0.6 is 0 Å². The maximum absolute atomic E-state index is 12.0. The van der Waals surface area contributed by atoms with Crippen LogP contribution in [0.15, 0.2) is 60.7 Å². The van der Waals surface area contributed by atoms with Crippen LogP contribution in [0.3, 0.4) is 0 Å². The van der Waals surface area contributed by atoms with E-state index in [1.54, 1.807) is 0 Å². The van der Waals surface area contributed by atoms with Gasteiger partial charge in [0.25, 0.3) is 0 Å². The van der Waals surface area contributed by atoms with Crippen LogP contribution in [0.2, 0.25) is 0 Å². The van der Waals surface area contributed by atoms with Crippen molar-refractivity contribution in [3.05, 3.63) is 71.8 Å². The Morgan fingerprint density at radius 3 is 2.20 bits per heavy atom. The van der Waals surface area contributed by atoms with Crippen LogP contribution in [0.4, 0.5) is 0 Å². The zero-order chi connectivity index (χ0) is 25.2. The molecule has 9 nitrogen and oxygen atoms in total. The van der Waals surface area contributed by atoms with Crippen molar-refractivity contribution in [2.75, 3.05) is 13.7 Å². The summed E-state index contributed by atoms with van der Waals surface area (Å²) in [5.74, 6) is -0.971. The van der Waals surface area contributed by atoms with Crippen LogP contribution in [0.25, 0.3) is 0 Å². The third-order valence-corrected chi connectivity index (χ3v) is 5.59. The van der Waals surface area contributed by atoms with Gasteiger partial charge in [0.05, 0.1) is 26.9 Å². The Bertz CT molecular complexity index is 925. The predicted molar refractivity (Wildman–Crippen MR) is 126 cm³/mol. The smallest absolute Gasteiger partial charge is 0.334 e. The average Bonchev–Trinajstić information content (AvgIpc) is 2.87. The molecule has 2 aromatic carbocycles. The number of aliphatic hydroxyl groups excluding tert-OH is 1. The minimum Gasteiger partial charge on any atom is -0.467 e. The number of carbonyl (C=O) groups is 2. The van der Waals surface area contributed by atoms with Gasteiger partial charge in [0.15, 0.2) is 12.4 Å². The third-order valence-electron chi connectivity index (χ3n) is 5.59. The molecular weight excluding hydrogens is 454 g/mol. The summed E-state index contributed by atoms with van der Waals surface area (Å²) in [7, 11) is 1.25. The van der Waals surface area contributed by atoms with E-state index in [9.17, 15) is 14.7 Å². The Balaban J connectivity index is 1.78. The second-order valence-electron chi connectivity index (χ2n) is 8.32. The highest BCUT2D eigenvalue weighted by Gasteiger charge is 2.48. The lowest BCUT2D eigenvalue weighted by Gasteiger charge is -2.45. The third kappa shape index (κ3) is 7.84. The minimum atomic E-state index is -1.22. The predicted octanol–water partition coefficient (Wildman–Crippen LogP) is 1.96. The van der Waals surface area contributed by atoms with Gasteiger partial charge in [-0.1, -0.05) is 60.7 Å². The largest absolute Gasteiger partial charge is 0.467 e. The molecule has 0 bridgehead atoms. The second-order valence-corrected chi connectivity index (χ2v) is 8.32. The first-order chi connectivity index (χ1) is 16.9. The van der Waals surface area contributed by atoms with Gasteiger partial charge in [-0.25, -0.2) is 4.79 Å². The first-order valence-corrected chi connectivity index (χ1v) is 11.5. The van der Waals surface area contributed by atoms with Gasteiger partial charge in [-0.15, -0.1) is 0 Å². The van der Waals surface area contributed by atoms with E-state index in [2.05, 4.69) is 5.32 Å². The number of benzene rings is 2. The van der Waals surface area contributed by atoms with Crippen molar-refractivity contribution in [1.29, 1.82) is 0 Å². The molecule has 3 rings (SSSR count). The normalized spacial score (nSPS) is 25.0. The van der Waals surface area contributed by atoms with E-state index in [-0.39, 0.29) is 19.1 Å². The molecule has 1 aliphatic heterocycles. The van der Waals surface area contributed by atoms with Crippen molar-refractivity contribution in [1.82, 2.24) is 5.32 Å².